The van der Waals surface area contributed by atoms with E-state index in [0.717, 1.165) is 22.5 Å². The largest absolute Gasteiger partial charge is 0.350 e. The predicted octanol–water partition coefficient (Wildman–Crippen LogP) is 3.05. The summed E-state index contributed by atoms with van der Waals surface area (Å²) in [6.07, 6.45) is 3.60. The Labute approximate surface area is 123 Å². The van der Waals surface area contributed by atoms with E-state index in [9.17, 15) is 0 Å². The Morgan fingerprint density at radius 2 is 2.25 bits per heavy atom. The average Bonchev–Trinajstić information content (AvgIpc) is 2.99. The number of hydrogen-bond donors (Lipinski definition) is 2. The summed E-state index contributed by atoms with van der Waals surface area (Å²) in [4.78, 5) is 13.8. The number of thiophene rings is 1. The molecule has 1 fully saturated rings. The van der Waals surface area contributed by atoms with Crippen molar-refractivity contribution in [2.24, 2.45) is 5.84 Å². The molecule has 3 heterocycles. The van der Waals surface area contributed by atoms with Gasteiger partial charge < -0.3 is 4.90 Å². The van der Waals surface area contributed by atoms with Crippen LogP contribution in [0.3, 0.4) is 0 Å². The number of fused-ring (bicyclic) bond motifs is 1. The average molecular weight is 291 g/mol. The van der Waals surface area contributed by atoms with Crippen LogP contribution in [-0.2, 0) is 0 Å². The lowest BCUT2D eigenvalue weighted by molar-refractivity contribution is 0.623. The molecular weight excluding hydrogens is 270 g/mol. The Morgan fingerprint density at radius 3 is 2.95 bits per heavy atom. The van der Waals surface area contributed by atoms with Crippen LogP contribution in [0.4, 0.5) is 11.8 Å². The van der Waals surface area contributed by atoms with Gasteiger partial charge in [-0.15, -0.1) is 11.3 Å². The summed E-state index contributed by atoms with van der Waals surface area (Å²) in [5, 5.41) is 1.15. The van der Waals surface area contributed by atoms with Crippen molar-refractivity contribution >= 4 is 33.3 Å². The van der Waals surface area contributed by atoms with Crippen LogP contribution in [0.15, 0.2) is 6.07 Å². The van der Waals surface area contributed by atoms with E-state index < -0.39 is 0 Å². The molecule has 0 aromatic carbocycles. The van der Waals surface area contributed by atoms with E-state index in [0.29, 0.717) is 18.0 Å². The number of nitrogens with two attached hydrogens (primary N) is 1. The van der Waals surface area contributed by atoms with Gasteiger partial charge in [0.1, 0.15) is 10.6 Å². The number of hydrazine groups is 1. The fraction of sp³-hybridized carbons (Fsp3) is 0.571. The highest BCUT2D eigenvalue weighted by molar-refractivity contribution is 7.18. The third kappa shape index (κ3) is 2.13. The normalized spacial score (nSPS) is 22.7. The van der Waals surface area contributed by atoms with Gasteiger partial charge in [0.25, 0.3) is 0 Å². The summed E-state index contributed by atoms with van der Waals surface area (Å²) in [7, 11) is 0. The minimum atomic E-state index is 0.503. The summed E-state index contributed by atoms with van der Waals surface area (Å²) in [5.41, 5.74) is 2.60. The zero-order chi connectivity index (χ0) is 14.3. The SMILES string of the molecule is CCC1CCC(C)N1c1nc(NN)nc2sc(C)cc12. The molecule has 0 amide bonds. The van der Waals surface area contributed by atoms with Gasteiger partial charge in [0.15, 0.2) is 0 Å². The molecule has 2 atom stereocenters. The molecule has 0 radical (unpaired) electrons. The van der Waals surface area contributed by atoms with Gasteiger partial charge >= 0.3 is 0 Å². The van der Waals surface area contributed by atoms with Gasteiger partial charge in [-0.1, -0.05) is 6.92 Å². The molecule has 0 bridgehead atoms. The highest BCUT2D eigenvalue weighted by Gasteiger charge is 2.32. The molecule has 2 aromatic heterocycles. The second-order valence-electron chi connectivity index (χ2n) is 5.49. The molecule has 3 N–H and O–H groups in total. The first kappa shape index (κ1) is 13.6. The van der Waals surface area contributed by atoms with Crippen molar-refractivity contribution in [1.82, 2.24) is 9.97 Å². The van der Waals surface area contributed by atoms with Crippen LogP contribution in [0.5, 0.6) is 0 Å². The molecule has 1 aliphatic rings. The Balaban J connectivity index is 2.18. The van der Waals surface area contributed by atoms with Crippen LogP contribution in [-0.4, -0.2) is 22.1 Å². The smallest absolute Gasteiger partial charge is 0.240 e. The lowest BCUT2D eigenvalue weighted by atomic mass is 10.1. The molecule has 6 heteroatoms. The summed E-state index contributed by atoms with van der Waals surface area (Å²) in [5.74, 6) is 7.06. The summed E-state index contributed by atoms with van der Waals surface area (Å²) in [6.45, 7) is 6.63. The fourth-order valence-corrected chi connectivity index (χ4v) is 4.02. The quantitative estimate of drug-likeness (QED) is 0.672. The first-order chi connectivity index (χ1) is 9.63. The van der Waals surface area contributed by atoms with Crippen molar-refractivity contribution in [1.29, 1.82) is 0 Å². The Bertz CT molecular complexity index is 623. The molecular formula is C14H21N5S. The molecule has 2 aromatic rings. The van der Waals surface area contributed by atoms with Crippen LogP contribution < -0.4 is 16.2 Å². The third-order valence-electron chi connectivity index (χ3n) is 4.13. The zero-order valence-corrected chi connectivity index (χ0v) is 13.0. The van der Waals surface area contributed by atoms with Gasteiger partial charge in [-0.3, -0.25) is 5.43 Å². The number of anilines is 2. The molecule has 5 nitrogen and oxygen atoms in total. The molecule has 0 saturated carbocycles. The molecule has 0 spiro atoms. The minimum Gasteiger partial charge on any atom is -0.350 e. The van der Waals surface area contributed by atoms with E-state index >= 15 is 0 Å². The van der Waals surface area contributed by atoms with Crippen molar-refractivity contribution < 1.29 is 0 Å². The van der Waals surface area contributed by atoms with Crippen molar-refractivity contribution in [2.75, 3.05) is 10.3 Å². The Kier molecular flexibility index (Phi) is 3.52. The van der Waals surface area contributed by atoms with Crippen LogP contribution in [0, 0.1) is 6.92 Å². The highest BCUT2D eigenvalue weighted by Crippen LogP contribution is 2.37. The van der Waals surface area contributed by atoms with Crippen molar-refractivity contribution in [2.45, 2.75) is 52.1 Å². The van der Waals surface area contributed by atoms with Gasteiger partial charge in [-0.2, -0.15) is 4.98 Å². The molecule has 0 aliphatic carbocycles. The number of aryl methyl sites for hydroxylation is 1. The molecule has 3 rings (SSSR count). The number of nitrogen functional groups attached to an aromatic ring is 1. The molecule has 1 aliphatic heterocycles. The fourth-order valence-electron chi connectivity index (χ4n) is 3.14. The first-order valence-electron chi connectivity index (χ1n) is 7.17. The lowest BCUT2D eigenvalue weighted by Gasteiger charge is -2.29. The highest BCUT2D eigenvalue weighted by atomic mass is 32.1. The molecule has 2 unspecified atom stereocenters. The van der Waals surface area contributed by atoms with Crippen molar-refractivity contribution in [3.05, 3.63) is 10.9 Å². The van der Waals surface area contributed by atoms with Crippen molar-refractivity contribution in [3.8, 4) is 0 Å². The summed E-state index contributed by atoms with van der Waals surface area (Å²) >= 11 is 1.69. The maximum Gasteiger partial charge on any atom is 0.240 e. The maximum atomic E-state index is 5.53. The maximum absolute atomic E-state index is 5.53. The van der Waals surface area contributed by atoms with Gasteiger partial charge in [0.2, 0.25) is 5.95 Å². The Morgan fingerprint density at radius 1 is 1.45 bits per heavy atom. The molecule has 108 valence electrons. The number of aromatic nitrogens is 2. The number of nitrogens with one attached hydrogen (secondary N) is 1. The van der Waals surface area contributed by atoms with Crippen LogP contribution in [0.1, 0.15) is 38.0 Å². The second kappa shape index (κ2) is 5.18. The van der Waals surface area contributed by atoms with Gasteiger partial charge in [-0.25, -0.2) is 10.8 Å². The standard InChI is InChI=1S/C14H21N5S/c1-4-10-6-5-8(2)19(10)12-11-7-9(3)20-13(11)17-14(16-12)18-15/h7-8,10H,4-6,15H2,1-3H3,(H,16,17,18). The van der Waals surface area contributed by atoms with E-state index in [2.05, 4.69) is 47.1 Å². The summed E-state index contributed by atoms with van der Waals surface area (Å²) < 4.78 is 0. The van der Waals surface area contributed by atoms with Gasteiger partial charge in [0, 0.05) is 17.0 Å². The van der Waals surface area contributed by atoms with Gasteiger partial charge in [-0.05, 0) is 39.2 Å². The third-order valence-corrected chi connectivity index (χ3v) is 5.07. The van der Waals surface area contributed by atoms with Crippen LogP contribution >= 0.6 is 11.3 Å². The molecule has 20 heavy (non-hydrogen) atoms. The van der Waals surface area contributed by atoms with Crippen LogP contribution in [0.25, 0.3) is 10.2 Å². The van der Waals surface area contributed by atoms with Gasteiger partial charge in [0.05, 0.1) is 5.39 Å². The minimum absolute atomic E-state index is 0.503. The number of rotatable bonds is 3. The predicted molar refractivity (Wildman–Crippen MR) is 85.2 cm³/mol. The number of hydrogen-bond acceptors (Lipinski definition) is 6. The van der Waals surface area contributed by atoms with E-state index in [1.165, 1.54) is 17.7 Å². The number of nitrogens with zero attached hydrogens (tertiary/aromatic N) is 3. The lowest BCUT2D eigenvalue weighted by Crippen LogP contribution is -2.35. The van der Waals surface area contributed by atoms with Crippen molar-refractivity contribution in [3.63, 3.8) is 0 Å². The topological polar surface area (TPSA) is 67.1 Å². The Hall–Kier alpha value is -1.40. The zero-order valence-electron chi connectivity index (χ0n) is 12.2. The summed E-state index contributed by atoms with van der Waals surface area (Å²) in [6, 6.07) is 3.27. The molecule has 1 saturated heterocycles. The monoisotopic (exact) mass is 291 g/mol. The first-order valence-corrected chi connectivity index (χ1v) is 7.98. The van der Waals surface area contributed by atoms with E-state index in [1.807, 2.05) is 0 Å². The van der Waals surface area contributed by atoms with E-state index in [1.54, 1.807) is 11.3 Å². The second-order valence-corrected chi connectivity index (χ2v) is 6.72. The van der Waals surface area contributed by atoms with E-state index in [-0.39, 0.29) is 0 Å². The van der Waals surface area contributed by atoms with Crippen LogP contribution in [0.2, 0.25) is 0 Å². The van der Waals surface area contributed by atoms with E-state index in [4.69, 9.17) is 5.84 Å².